The van der Waals surface area contributed by atoms with E-state index in [1.54, 1.807) is 0 Å². The number of rotatable bonds is 5. The third kappa shape index (κ3) is 7.57. The van der Waals surface area contributed by atoms with Crippen LogP contribution < -0.4 is 0 Å². The predicted molar refractivity (Wildman–Crippen MR) is 95.0 cm³/mol. The standard InChI is InChI=1S/C14H23ClF6N4O2Si/c1-24(2)22-11(13(16,17)18)26-28(15,10-8-6-5-7-9-10)27-12(14(19,20)21)23-25(3)4/h10H,5-9H2,1-4H3/b22-11+,23-12+. The summed E-state index contributed by atoms with van der Waals surface area (Å²) in [5.41, 5.74) is -0.799. The third-order valence-electron chi connectivity index (χ3n) is 3.63. The second-order valence-corrected chi connectivity index (χ2v) is 10.6. The molecule has 0 amide bonds. The van der Waals surface area contributed by atoms with Crippen molar-refractivity contribution in [2.45, 2.75) is 50.0 Å². The molecule has 1 aliphatic rings. The van der Waals surface area contributed by atoms with Crippen LogP contribution in [-0.4, -0.2) is 70.2 Å². The molecule has 0 bridgehead atoms. The van der Waals surface area contributed by atoms with Crippen LogP contribution in [0.3, 0.4) is 0 Å². The van der Waals surface area contributed by atoms with Crippen molar-refractivity contribution >= 4 is 30.7 Å². The second-order valence-electron chi connectivity index (χ2n) is 6.62. The molecule has 1 rings (SSSR count). The first kappa shape index (κ1) is 24.7. The number of alkyl halides is 6. The van der Waals surface area contributed by atoms with E-state index in [2.05, 4.69) is 10.2 Å². The SMILES string of the molecule is CN(C)/N=C(/O[Si](Cl)(O/C(=N/N(C)C)C(F)(F)F)C1CCCCC1)C(F)(F)F. The minimum atomic E-state index is -5.06. The highest BCUT2D eigenvalue weighted by molar-refractivity contribution is 7.15. The first-order chi connectivity index (χ1) is 12.6. The highest BCUT2D eigenvalue weighted by atomic mass is 35.6. The molecule has 0 heterocycles. The summed E-state index contributed by atoms with van der Waals surface area (Å²) >= 11 is 6.28. The van der Waals surface area contributed by atoms with E-state index in [1.165, 1.54) is 28.2 Å². The van der Waals surface area contributed by atoms with Gasteiger partial charge < -0.3 is 8.85 Å². The summed E-state index contributed by atoms with van der Waals surface area (Å²) in [4.78, 5) is 0. The summed E-state index contributed by atoms with van der Waals surface area (Å²) in [5, 5.41) is 8.03. The fourth-order valence-electron chi connectivity index (χ4n) is 2.53. The van der Waals surface area contributed by atoms with Crippen molar-refractivity contribution < 1.29 is 35.2 Å². The van der Waals surface area contributed by atoms with Gasteiger partial charge in [-0.1, -0.05) is 30.3 Å². The van der Waals surface area contributed by atoms with Gasteiger partial charge in [-0.3, -0.25) is 10.0 Å². The molecule has 0 aliphatic heterocycles. The number of nitrogens with zero attached hydrogens (tertiary/aromatic N) is 4. The van der Waals surface area contributed by atoms with Gasteiger partial charge in [0.25, 0.3) is 0 Å². The molecule has 0 aromatic heterocycles. The second kappa shape index (κ2) is 9.42. The summed E-state index contributed by atoms with van der Waals surface area (Å²) in [6, 6.07) is 0. The van der Waals surface area contributed by atoms with Gasteiger partial charge in [-0.2, -0.15) is 26.3 Å². The van der Waals surface area contributed by atoms with E-state index >= 15 is 0 Å². The maximum absolute atomic E-state index is 13.3. The number of hydrogen-bond acceptors (Lipinski definition) is 6. The van der Waals surface area contributed by atoms with Crippen LogP contribution in [0.15, 0.2) is 10.2 Å². The molecule has 1 aliphatic carbocycles. The fraction of sp³-hybridized carbons (Fsp3) is 0.857. The minimum Gasteiger partial charge on any atom is -0.482 e. The Kier molecular flexibility index (Phi) is 8.29. The Labute approximate surface area is 165 Å². The van der Waals surface area contributed by atoms with Gasteiger partial charge in [-0.15, -0.1) is 10.2 Å². The van der Waals surface area contributed by atoms with Gasteiger partial charge in [0.05, 0.1) is 0 Å². The lowest BCUT2D eigenvalue weighted by Crippen LogP contribution is -2.51. The van der Waals surface area contributed by atoms with Gasteiger partial charge in [-0.05, 0) is 12.8 Å². The molecular formula is C14H23ClF6N4O2Si. The van der Waals surface area contributed by atoms with Crippen molar-refractivity contribution in [3.63, 3.8) is 0 Å². The summed E-state index contributed by atoms with van der Waals surface area (Å²) < 4.78 is 89.8. The van der Waals surface area contributed by atoms with Crippen molar-refractivity contribution in [2.24, 2.45) is 10.2 Å². The average molecular weight is 457 g/mol. The number of halogens is 7. The quantitative estimate of drug-likeness (QED) is 0.154. The summed E-state index contributed by atoms with van der Waals surface area (Å²) in [7, 11) is 0.233. The molecule has 0 atom stereocenters. The first-order valence-electron chi connectivity index (χ1n) is 8.38. The minimum absolute atomic E-state index is 0.288. The molecule has 14 heteroatoms. The normalized spacial score (nSPS) is 18.1. The van der Waals surface area contributed by atoms with Crippen LogP contribution in [0.4, 0.5) is 26.3 Å². The van der Waals surface area contributed by atoms with Crippen LogP contribution in [0.25, 0.3) is 0 Å². The molecule has 0 spiro atoms. The largest absolute Gasteiger partial charge is 0.574 e. The molecule has 0 aromatic carbocycles. The van der Waals surface area contributed by atoms with Crippen LogP contribution in [-0.2, 0) is 8.85 Å². The van der Waals surface area contributed by atoms with Crippen molar-refractivity contribution in [3.05, 3.63) is 0 Å². The maximum atomic E-state index is 13.3. The van der Waals surface area contributed by atoms with Gasteiger partial charge in [-0.25, -0.2) is 0 Å². The van der Waals surface area contributed by atoms with E-state index in [4.69, 9.17) is 19.9 Å². The smallest absolute Gasteiger partial charge is 0.482 e. The van der Waals surface area contributed by atoms with E-state index in [0.717, 1.165) is 16.4 Å². The molecule has 0 saturated heterocycles. The van der Waals surface area contributed by atoms with E-state index in [-0.39, 0.29) is 12.8 Å². The lowest BCUT2D eigenvalue weighted by atomic mass is 10.0. The van der Waals surface area contributed by atoms with Gasteiger partial charge >= 0.3 is 32.0 Å². The Balaban J connectivity index is 3.36. The highest BCUT2D eigenvalue weighted by Crippen LogP contribution is 2.43. The highest BCUT2D eigenvalue weighted by Gasteiger charge is 2.58. The fourth-order valence-corrected chi connectivity index (χ4v) is 5.94. The molecule has 1 fully saturated rings. The van der Waals surface area contributed by atoms with Crippen LogP contribution >= 0.6 is 11.1 Å². The lowest BCUT2D eigenvalue weighted by molar-refractivity contribution is -0.0781. The van der Waals surface area contributed by atoms with Crippen LogP contribution in [0.5, 0.6) is 0 Å². The van der Waals surface area contributed by atoms with Crippen LogP contribution in [0.2, 0.25) is 5.54 Å². The summed E-state index contributed by atoms with van der Waals surface area (Å²) in [6.07, 6.45) is -7.56. The van der Waals surface area contributed by atoms with E-state index in [1.807, 2.05) is 0 Å². The molecule has 6 nitrogen and oxygen atoms in total. The van der Waals surface area contributed by atoms with E-state index in [0.29, 0.717) is 12.8 Å². The Morgan fingerprint density at radius 1 is 0.821 bits per heavy atom. The van der Waals surface area contributed by atoms with Crippen LogP contribution in [0.1, 0.15) is 32.1 Å². The van der Waals surface area contributed by atoms with Gasteiger partial charge in [0.1, 0.15) is 0 Å². The Hall–Kier alpha value is -1.37. The first-order valence-corrected chi connectivity index (χ1v) is 11.3. The average Bonchev–Trinajstić information content (AvgIpc) is 2.52. The number of hydrazone groups is 2. The van der Waals surface area contributed by atoms with Gasteiger partial charge in [0, 0.05) is 33.7 Å². The van der Waals surface area contributed by atoms with Crippen molar-refractivity contribution in [2.75, 3.05) is 28.2 Å². The third-order valence-corrected chi connectivity index (χ3v) is 7.52. The molecule has 0 unspecified atom stereocenters. The molecular weight excluding hydrogens is 434 g/mol. The zero-order valence-electron chi connectivity index (χ0n) is 15.9. The molecule has 0 radical (unpaired) electrons. The van der Waals surface area contributed by atoms with Gasteiger partial charge in [0.2, 0.25) is 0 Å². The zero-order valence-corrected chi connectivity index (χ0v) is 17.6. The Morgan fingerprint density at radius 2 is 1.18 bits per heavy atom. The molecule has 28 heavy (non-hydrogen) atoms. The maximum Gasteiger partial charge on any atom is 0.574 e. The topological polar surface area (TPSA) is 49.7 Å². The van der Waals surface area contributed by atoms with Crippen molar-refractivity contribution in [1.82, 2.24) is 10.0 Å². The van der Waals surface area contributed by atoms with E-state index < -0.39 is 37.6 Å². The van der Waals surface area contributed by atoms with Crippen LogP contribution in [0, 0.1) is 0 Å². The van der Waals surface area contributed by atoms with Crippen molar-refractivity contribution in [1.29, 1.82) is 0 Å². The van der Waals surface area contributed by atoms with E-state index in [9.17, 15) is 26.3 Å². The number of hydrogen-bond donors (Lipinski definition) is 0. The molecule has 0 N–H and O–H groups in total. The molecule has 0 aromatic rings. The summed E-state index contributed by atoms with van der Waals surface area (Å²) in [5.74, 6) is -3.51. The predicted octanol–water partition coefficient (Wildman–Crippen LogP) is 4.41. The monoisotopic (exact) mass is 456 g/mol. The zero-order chi connectivity index (χ0) is 21.8. The van der Waals surface area contributed by atoms with Gasteiger partial charge in [0.15, 0.2) is 0 Å². The molecule has 1 saturated carbocycles. The summed E-state index contributed by atoms with van der Waals surface area (Å²) in [6.45, 7) is 0. The Morgan fingerprint density at radius 3 is 1.46 bits per heavy atom. The lowest BCUT2D eigenvalue weighted by Gasteiger charge is -2.35. The molecule has 164 valence electrons. The Bertz CT molecular complexity index is 539. The van der Waals surface area contributed by atoms with Crippen molar-refractivity contribution in [3.8, 4) is 0 Å².